The fourth-order valence-corrected chi connectivity index (χ4v) is 5.01. The lowest BCUT2D eigenvalue weighted by atomic mass is 10.0. The smallest absolute Gasteiger partial charge is 0.305 e. The maximum Gasteiger partial charge on any atom is 0.305 e. The van der Waals surface area contributed by atoms with E-state index in [1.54, 1.807) is 42.6 Å². The van der Waals surface area contributed by atoms with Gasteiger partial charge in [-0.2, -0.15) is 0 Å². The van der Waals surface area contributed by atoms with E-state index in [1.165, 1.54) is 16.0 Å². The molecular weight excluding hydrogens is 564 g/mol. The molecule has 2 N–H and O–H groups in total. The minimum atomic E-state index is -1.29. The molecule has 1 saturated heterocycles. The Morgan fingerprint density at radius 3 is 2.23 bits per heavy atom. The van der Waals surface area contributed by atoms with Gasteiger partial charge in [0.1, 0.15) is 0 Å². The van der Waals surface area contributed by atoms with Crippen molar-refractivity contribution in [2.45, 2.75) is 38.9 Å². The number of carboxylic acid groups (broad SMARTS) is 1. The van der Waals surface area contributed by atoms with Crippen LogP contribution in [-0.2, 0) is 9.59 Å². The van der Waals surface area contributed by atoms with E-state index < -0.39 is 35.9 Å². The number of hydrogen-bond donors (Lipinski definition) is 2. The van der Waals surface area contributed by atoms with Crippen LogP contribution in [0.2, 0.25) is 0 Å². The third kappa shape index (κ3) is 6.69. The van der Waals surface area contributed by atoms with Gasteiger partial charge < -0.3 is 20.2 Å². The van der Waals surface area contributed by atoms with Crippen LogP contribution in [0.25, 0.3) is 0 Å². The number of nitrogens with zero attached hydrogens (tertiary/aromatic N) is 3. The Hall–Kier alpha value is -4.05. The summed E-state index contributed by atoms with van der Waals surface area (Å²) >= 11 is 3.32. The van der Waals surface area contributed by atoms with Crippen molar-refractivity contribution in [3.63, 3.8) is 0 Å². The highest BCUT2D eigenvalue weighted by Crippen LogP contribution is 2.24. The van der Waals surface area contributed by atoms with Crippen LogP contribution in [0.15, 0.2) is 71.5 Å². The van der Waals surface area contributed by atoms with Gasteiger partial charge in [0.2, 0.25) is 0 Å². The summed E-state index contributed by atoms with van der Waals surface area (Å²) in [6.45, 7) is 4.26. The molecule has 10 heteroatoms. The quantitative estimate of drug-likeness (QED) is 0.426. The molecule has 0 spiro atoms. The highest BCUT2D eigenvalue weighted by atomic mass is 79.9. The number of halogens is 1. The maximum absolute atomic E-state index is 13.9. The number of carbonyl (C=O) groups excluding carboxylic acids is 3. The van der Waals surface area contributed by atoms with E-state index in [-0.39, 0.29) is 25.1 Å². The zero-order valence-electron chi connectivity index (χ0n) is 21.6. The molecule has 3 aromatic rings. The first kappa shape index (κ1) is 28.0. The predicted molar refractivity (Wildman–Crippen MR) is 148 cm³/mol. The number of amides is 3. The summed E-state index contributed by atoms with van der Waals surface area (Å²) in [5, 5.41) is 12.4. The van der Waals surface area contributed by atoms with Crippen LogP contribution >= 0.6 is 15.9 Å². The molecule has 0 bridgehead atoms. The summed E-state index contributed by atoms with van der Waals surface area (Å²) in [5.74, 6) is -2.59. The number of aliphatic carboxylic acids is 1. The van der Waals surface area contributed by atoms with Gasteiger partial charge in [0.15, 0.2) is 6.17 Å². The predicted octanol–water partition coefficient (Wildman–Crippen LogP) is 4.11. The van der Waals surface area contributed by atoms with Gasteiger partial charge >= 0.3 is 5.97 Å². The number of carboxylic acids is 1. The van der Waals surface area contributed by atoms with Gasteiger partial charge in [0.25, 0.3) is 17.7 Å². The lowest BCUT2D eigenvalue weighted by molar-refractivity contribution is -0.138. The molecule has 0 saturated carbocycles. The van der Waals surface area contributed by atoms with Crippen molar-refractivity contribution in [1.82, 2.24) is 20.1 Å². The number of nitrogens with one attached hydrogen (secondary N) is 1. The van der Waals surface area contributed by atoms with E-state index in [9.17, 15) is 24.3 Å². The molecule has 202 valence electrons. The third-order valence-electron chi connectivity index (χ3n) is 6.53. The van der Waals surface area contributed by atoms with Crippen molar-refractivity contribution in [3.05, 3.63) is 99.3 Å². The van der Waals surface area contributed by atoms with Gasteiger partial charge in [0.05, 0.1) is 18.0 Å². The van der Waals surface area contributed by atoms with E-state index in [0.717, 1.165) is 11.1 Å². The standard InChI is InChI=1S/C29H29BrN4O5/c1-18-7-9-20(10-8-18)28(38)33-11-4-12-34(29(39)22-14-23(30)17-31-16-22)27(33)26(37)32-24(15-25(35)36)21-6-3-5-19(2)13-21/h3,5-10,13-14,16-17,24,27H,4,11-12,15H2,1-2H3,(H,32,37)(H,35,36). The van der Waals surface area contributed by atoms with Gasteiger partial charge in [-0.3, -0.25) is 24.2 Å². The van der Waals surface area contributed by atoms with Crippen LogP contribution in [0.5, 0.6) is 0 Å². The van der Waals surface area contributed by atoms with Gasteiger partial charge in [-0.05, 0) is 60.0 Å². The van der Waals surface area contributed by atoms with E-state index in [1.807, 2.05) is 32.0 Å². The second-order valence-corrected chi connectivity index (χ2v) is 10.5. The van der Waals surface area contributed by atoms with Crippen molar-refractivity contribution < 1.29 is 24.3 Å². The van der Waals surface area contributed by atoms with Crippen LogP contribution in [-0.4, -0.2) is 62.8 Å². The number of rotatable bonds is 7. The average Bonchev–Trinajstić information content (AvgIpc) is 2.91. The Morgan fingerprint density at radius 2 is 1.62 bits per heavy atom. The second-order valence-electron chi connectivity index (χ2n) is 9.56. The lowest BCUT2D eigenvalue weighted by Gasteiger charge is -2.43. The summed E-state index contributed by atoms with van der Waals surface area (Å²) in [6, 6.07) is 14.9. The van der Waals surface area contributed by atoms with Crippen LogP contribution in [0, 0.1) is 13.8 Å². The fourth-order valence-electron chi connectivity index (χ4n) is 4.65. The number of pyridine rings is 1. The van der Waals surface area contributed by atoms with Crippen molar-refractivity contribution in [1.29, 1.82) is 0 Å². The van der Waals surface area contributed by atoms with E-state index in [0.29, 0.717) is 22.0 Å². The molecule has 2 heterocycles. The molecule has 0 radical (unpaired) electrons. The normalized spacial score (nSPS) is 15.9. The van der Waals surface area contributed by atoms with E-state index in [2.05, 4.69) is 26.2 Å². The first-order chi connectivity index (χ1) is 18.6. The highest BCUT2D eigenvalue weighted by Gasteiger charge is 2.41. The Balaban J connectivity index is 1.72. The van der Waals surface area contributed by atoms with Gasteiger partial charge in [-0.15, -0.1) is 0 Å². The minimum Gasteiger partial charge on any atom is -0.481 e. The Kier molecular flexibility index (Phi) is 8.75. The highest BCUT2D eigenvalue weighted by molar-refractivity contribution is 9.10. The molecule has 2 atom stereocenters. The summed E-state index contributed by atoms with van der Waals surface area (Å²) in [7, 11) is 0. The molecule has 2 aromatic carbocycles. The van der Waals surface area contributed by atoms with Gasteiger partial charge in [0, 0.05) is 35.5 Å². The van der Waals surface area contributed by atoms with Gasteiger partial charge in [-0.25, -0.2) is 0 Å². The average molecular weight is 593 g/mol. The first-order valence-corrected chi connectivity index (χ1v) is 13.3. The van der Waals surface area contributed by atoms with Crippen molar-refractivity contribution in [3.8, 4) is 0 Å². The van der Waals surface area contributed by atoms with Crippen LogP contribution < -0.4 is 5.32 Å². The monoisotopic (exact) mass is 592 g/mol. The molecule has 2 unspecified atom stereocenters. The van der Waals surface area contributed by atoms with E-state index >= 15 is 0 Å². The molecule has 39 heavy (non-hydrogen) atoms. The number of benzene rings is 2. The SMILES string of the molecule is Cc1ccc(C(=O)N2CCCN(C(=O)c3cncc(Br)c3)C2C(=O)NC(CC(=O)O)c2cccc(C)c2)cc1. The minimum absolute atomic E-state index is 0.231. The molecule has 1 aliphatic heterocycles. The third-order valence-corrected chi connectivity index (χ3v) is 6.97. The summed E-state index contributed by atoms with van der Waals surface area (Å²) in [4.78, 5) is 59.8. The topological polar surface area (TPSA) is 120 Å². The summed E-state index contributed by atoms with van der Waals surface area (Å²) in [6.07, 6.45) is 1.76. The van der Waals surface area contributed by atoms with Crippen LogP contribution in [0.1, 0.15) is 56.3 Å². The van der Waals surface area contributed by atoms with Crippen LogP contribution in [0.3, 0.4) is 0 Å². The Labute approximate surface area is 235 Å². The van der Waals surface area contributed by atoms with Gasteiger partial charge in [-0.1, -0.05) is 47.5 Å². The molecule has 4 rings (SSSR count). The molecular formula is C29H29BrN4O5. The van der Waals surface area contributed by atoms with Crippen molar-refractivity contribution in [2.75, 3.05) is 13.1 Å². The Bertz CT molecular complexity index is 1390. The first-order valence-electron chi connectivity index (χ1n) is 12.5. The number of aromatic nitrogens is 1. The fraction of sp³-hybridized carbons (Fsp3) is 0.276. The van der Waals surface area contributed by atoms with E-state index in [4.69, 9.17) is 0 Å². The molecule has 1 aliphatic rings. The van der Waals surface area contributed by atoms with Crippen molar-refractivity contribution in [2.24, 2.45) is 0 Å². The molecule has 1 fully saturated rings. The summed E-state index contributed by atoms with van der Waals surface area (Å²) in [5.41, 5.74) is 3.15. The Morgan fingerprint density at radius 1 is 0.949 bits per heavy atom. The maximum atomic E-state index is 13.9. The zero-order valence-corrected chi connectivity index (χ0v) is 23.2. The zero-order chi connectivity index (χ0) is 28.1. The van der Waals surface area contributed by atoms with Crippen molar-refractivity contribution >= 4 is 39.6 Å². The number of aryl methyl sites for hydroxylation is 2. The number of carbonyl (C=O) groups is 4. The van der Waals surface area contributed by atoms with Crippen LogP contribution in [0.4, 0.5) is 0 Å². The number of hydrogen-bond acceptors (Lipinski definition) is 5. The summed E-state index contributed by atoms with van der Waals surface area (Å²) < 4.78 is 0.597. The molecule has 0 aliphatic carbocycles. The second kappa shape index (κ2) is 12.2. The largest absolute Gasteiger partial charge is 0.481 e. The molecule has 1 aromatic heterocycles. The molecule has 9 nitrogen and oxygen atoms in total. The molecule has 3 amide bonds. The lowest BCUT2D eigenvalue weighted by Crippen LogP contribution is -2.63.